The fourth-order valence-electron chi connectivity index (χ4n) is 1.60. The van der Waals surface area contributed by atoms with Gasteiger partial charge in [-0.1, -0.05) is 19.4 Å². The number of hydrogen-bond acceptors (Lipinski definition) is 2. The summed E-state index contributed by atoms with van der Waals surface area (Å²) in [5.41, 5.74) is 1.43. The second-order valence-electron chi connectivity index (χ2n) is 3.68. The number of fused-ring (bicyclic) bond motifs is 1. The van der Waals surface area contributed by atoms with Crippen molar-refractivity contribution in [2.45, 2.75) is 19.8 Å². The van der Waals surface area contributed by atoms with Gasteiger partial charge in [-0.2, -0.15) is 0 Å². The van der Waals surface area contributed by atoms with E-state index in [0.717, 1.165) is 25.0 Å². The average Bonchev–Trinajstić information content (AvgIpc) is 2.76. The van der Waals surface area contributed by atoms with Crippen molar-refractivity contribution in [2.75, 3.05) is 6.54 Å². The zero-order valence-corrected chi connectivity index (χ0v) is 9.31. The molecule has 0 radical (unpaired) electrons. The van der Waals surface area contributed by atoms with Crippen molar-refractivity contribution >= 4 is 11.6 Å². The van der Waals surface area contributed by atoms with E-state index in [1.165, 1.54) is 0 Å². The van der Waals surface area contributed by atoms with Crippen LogP contribution in [0.4, 0.5) is 0 Å². The first-order valence-corrected chi connectivity index (χ1v) is 5.53. The van der Waals surface area contributed by atoms with Gasteiger partial charge in [0, 0.05) is 18.9 Å². The van der Waals surface area contributed by atoms with E-state index in [-0.39, 0.29) is 5.91 Å². The van der Waals surface area contributed by atoms with E-state index in [9.17, 15) is 4.79 Å². The number of imidazole rings is 1. The SMILES string of the molecule is CCCCNC(=O)c1cccc2nccn12. The third-order valence-electron chi connectivity index (χ3n) is 2.48. The summed E-state index contributed by atoms with van der Waals surface area (Å²) in [6.45, 7) is 2.82. The smallest absolute Gasteiger partial charge is 0.268 e. The van der Waals surface area contributed by atoms with Crippen LogP contribution in [0.1, 0.15) is 30.3 Å². The van der Waals surface area contributed by atoms with Crippen LogP contribution in [-0.4, -0.2) is 21.8 Å². The highest BCUT2D eigenvalue weighted by Crippen LogP contribution is 2.05. The van der Waals surface area contributed by atoms with Crippen molar-refractivity contribution in [1.82, 2.24) is 14.7 Å². The van der Waals surface area contributed by atoms with Crippen molar-refractivity contribution < 1.29 is 4.79 Å². The molecule has 16 heavy (non-hydrogen) atoms. The Kier molecular flexibility index (Phi) is 3.19. The van der Waals surface area contributed by atoms with Gasteiger partial charge in [-0.3, -0.25) is 9.20 Å². The van der Waals surface area contributed by atoms with Gasteiger partial charge in [0.2, 0.25) is 0 Å². The van der Waals surface area contributed by atoms with Gasteiger partial charge in [-0.15, -0.1) is 0 Å². The van der Waals surface area contributed by atoms with Gasteiger partial charge in [0.05, 0.1) is 0 Å². The summed E-state index contributed by atoms with van der Waals surface area (Å²) in [7, 11) is 0. The maximum atomic E-state index is 11.9. The maximum Gasteiger partial charge on any atom is 0.268 e. The Morgan fingerprint density at radius 1 is 1.50 bits per heavy atom. The fourth-order valence-corrected chi connectivity index (χ4v) is 1.60. The number of nitrogens with zero attached hydrogens (tertiary/aromatic N) is 2. The quantitative estimate of drug-likeness (QED) is 0.795. The number of carbonyl (C=O) groups is 1. The van der Waals surface area contributed by atoms with Crippen molar-refractivity contribution in [2.24, 2.45) is 0 Å². The van der Waals surface area contributed by atoms with Crippen LogP contribution in [0.3, 0.4) is 0 Å². The van der Waals surface area contributed by atoms with Crippen molar-refractivity contribution in [3.63, 3.8) is 0 Å². The molecule has 2 aromatic rings. The fraction of sp³-hybridized carbons (Fsp3) is 0.333. The van der Waals surface area contributed by atoms with Crippen molar-refractivity contribution in [3.05, 3.63) is 36.3 Å². The molecule has 0 aliphatic rings. The molecular formula is C12H15N3O. The molecule has 4 heteroatoms. The molecule has 0 aliphatic heterocycles. The summed E-state index contributed by atoms with van der Waals surface area (Å²) in [6.07, 6.45) is 5.57. The molecule has 0 bridgehead atoms. The number of pyridine rings is 1. The number of rotatable bonds is 4. The molecule has 4 nitrogen and oxygen atoms in total. The molecule has 2 rings (SSSR count). The van der Waals surface area contributed by atoms with E-state index in [1.54, 1.807) is 22.9 Å². The molecule has 2 aromatic heterocycles. The van der Waals surface area contributed by atoms with Gasteiger partial charge >= 0.3 is 0 Å². The highest BCUT2D eigenvalue weighted by atomic mass is 16.1. The van der Waals surface area contributed by atoms with Crippen LogP contribution < -0.4 is 5.32 Å². The third kappa shape index (κ3) is 2.05. The minimum Gasteiger partial charge on any atom is -0.351 e. The lowest BCUT2D eigenvalue weighted by Crippen LogP contribution is -2.26. The Balaban J connectivity index is 2.19. The summed E-state index contributed by atoms with van der Waals surface area (Å²) >= 11 is 0. The van der Waals surface area contributed by atoms with Crippen LogP contribution in [0.25, 0.3) is 5.65 Å². The first-order valence-electron chi connectivity index (χ1n) is 5.53. The zero-order valence-electron chi connectivity index (χ0n) is 9.31. The predicted octanol–water partition coefficient (Wildman–Crippen LogP) is 1.86. The number of nitrogens with one attached hydrogen (secondary N) is 1. The van der Waals surface area contributed by atoms with E-state index in [2.05, 4.69) is 17.2 Å². The van der Waals surface area contributed by atoms with Crippen LogP contribution in [0.15, 0.2) is 30.6 Å². The summed E-state index contributed by atoms with van der Waals surface area (Å²) in [6, 6.07) is 5.52. The minimum atomic E-state index is -0.0444. The zero-order chi connectivity index (χ0) is 11.4. The Morgan fingerprint density at radius 3 is 3.19 bits per heavy atom. The molecule has 0 aliphatic carbocycles. The topological polar surface area (TPSA) is 46.4 Å². The second-order valence-corrected chi connectivity index (χ2v) is 3.68. The molecule has 0 saturated carbocycles. The molecule has 0 saturated heterocycles. The minimum absolute atomic E-state index is 0.0444. The molecule has 1 amide bonds. The van der Waals surface area contributed by atoms with Gasteiger partial charge in [-0.25, -0.2) is 4.98 Å². The summed E-state index contributed by atoms with van der Waals surface area (Å²) in [4.78, 5) is 16.0. The molecule has 84 valence electrons. The van der Waals surface area contributed by atoms with Gasteiger partial charge < -0.3 is 5.32 Å². The largest absolute Gasteiger partial charge is 0.351 e. The van der Waals surface area contributed by atoms with Crippen LogP contribution in [0, 0.1) is 0 Å². The lowest BCUT2D eigenvalue weighted by Gasteiger charge is -2.06. The van der Waals surface area contributed by atoms with E-state index < -0.39 is 0 Å². The lowest BCUT2D eigenvalue weighted by atomic mass is 10.3. The Bertz CT molecular complexity index is 490. The summed E-state index contributed by atoms with van der Waals surface area (Å²) in [5, 5.41) is 2.89. The normalized spacial score (nSPS) is 10.6. The monoisotopic (exact) mass is 217 g/mol. The molecular weight excluding hydrogens is 202 g/mol. The Morgan fingerprint density at radius 2 is 2.38 bits per heavy atom. The number of aromatic nitrogens is 2. The standard InChI is InChI=1S/C12H15N3O/c1-2-3-7-14-12(16)10-5-4-6-11-13-8-9-15(10)11/h4-6,8-9H,2-3,7H2,1H3,(H,14,16). The molecule has 0 aromatic carbocycles. The number of carbonyl (C=O) groups excluding carboxylic acids is 1. The van der Waals surface area contributed by atoms with Crippen molar-refractivity contribution in [3.8, 4) is 0 Å². The highest BCUT2D eigenvalue weighted by Gasteiger charge is 2.08. The molecule has 0 fully saturated rings. The maximum absolute atomic E-state index is 11.9. The lowest BCUT2D eigenvalue weighted by molar-refractivity contribution is 0.0947. The first-order chi connectivity index (χ1) is 7.83. The van der Waals surface area contributed by atoms with E-state index >= 15 is 0 Å². The van der Waals surface area contributed by atoms with E-state index in [0.29, 0.717) is 5.69 Å². The van der Waals surface area contributed by atoms with E-state index in [1.807, 2.05) is 12.1 Å². The van der Waals surface area contributed by atoms with Gasteiger partial charge in [0.25, 0.3) is 5.91 Å². The average molecular weight is 217 g/mol. The second kappa shape index (κ2) is 4.79. The molecule has 0 atom stereocenters. The summed E-state index contributed by atoms with van der Waals surface area (Å²) < 4.78 is 1.79. The van der Waals surface area contributed by atoms with E-state index in [4.69, 9.17) is 0 Å². The van der Waals surface area contributed by atoms with Gasteiger partial charge in [0.15, 0.2) is 0 Å². The van der Waals surface area contributed by atoms with Gasteiger partial charge in [0.1, 0.15) is 11.3 Å². The molecule has 2 heterocycles. The summed E-state index contributed by atoms with van der Waals surface area (Å²) in [5.74, 6) is -0.0444. The molecule has 1 N–H and O–H groups in total. The van der Waals surface area contributed by atoms with Crippen LogP contribution in [0.5, 0.6) is 0 Å². The third-order valence-corrected chi connectivity index (χ3v) is 2.48. The Hall–Kier alpha value is -1.84. The Labute approximate surface area is 94.3 Å². The van der Waals surface area contributed by atoms with Crippen LogP contribution >= 0.6 is 0 Å². The number of amides is 1. The molecule has 0 spiro atoms. The molecule has 0 unspecified atom stereocenters. The first kappa shape index (κ1) is 10.7. The highest BCUT2D eigenvalue weighted by molar-refractivity contribution is 5.93. The van der Waals surface area contributed by atoms with Gasteiger partial charge in [-0.05, 0) is 18.6 Å². The number of unbranched alkanes of at least 4 members (excludes halogenated alkanes) is 1. The van der Waals surface area contributed by atoms with Crippen LogP contribution in [0.2, 0.25) is 0 Å². The predicted molar refractivity (Wildman–Crippen MR) is 62.4 cm³/mol. The number of hydrogen-bond donors (Lipinski definition) is 1. The van der Waals surface area contributed by atoms with Crippen LogP contribution in [-0.2, 0) is 0 Å². The van der Waals surface area contributed by atoms with Crippen molar-refractivity contribution in [1.29, 1.82) is 0 Å².